The summed E-state index contributed by atoms with van der Waals surface area (Å²) in [6.07, 6.45) is -2.60. The summed E-state index contributed by atoms with van der Waals surface area (Å²) in [5, 5.41) is 28.6. The Kier molecular flexibility index (Phi) is 5.58. The molecule has 0 aliphatic rings. The van der Waals surface area contributed by atoms with Crippen LogP contribution in [0.2, 0.25) is 0 Å². The molecule has 0 unspecified atom stereocenters. The number of halogens is 2. The fourth-order valence-corrected chi connectivity index (χ4v) is 1.69. The number of nitro benzene ring substituents is 1. The zero-order valence-electron chi connectivity index (χ0n) is 10.00. The lowest BCUT2D eigenvalue weighted by atomic mass is 10.1. The van der Waals surface area contributed by atoms with Gasteiger partial charge in [-0.1, -0.05) is 0 Å². The van der Waals surface area contributed by atoms with E-state index in [1.165, 1.54) is 17.0 Å². The SMILES string of the molecule is O=[N+]([O-])c1ccc(N(CCO)CC(F)F)cc1CO. The smallest absolute Gasteiger partial charge is 0.275 e. The molecule has 0 fully saturated rings. The Balaban J connectivity index is 3.07. The van der Waals surface area contributed by atoms with Crippen molar-refractivity contribution in [3.8, 4) is 0 Å². The maximum Gasteiger partial charge on any atom is 0.275 e. The van der Waals surface area contributed by atoms with Gasteiger partial charge in [-0.05, 0) is 12.1 Å². The summed E-state index contributed by atoms with van der Waals surface area (Å²) < 4.78 is 24.8. The Bertz CT molecular complexity index is 443. The van der Waals surface area contributed by atoms with Crippen LogP contribution in [0.25, 0.3) is 0 Å². The summed E-state index contributed by atoms with van der Waals surface area (Å²) in [7, 11) is 0. The molecule has 6 nitrogen and oxygen atoms in total. The zero-order chi connectivity index (χ0) is 14.4. The first-order valence-electron chi connectivity index (χ1n) is 5.51. The number of aliphatic hydroxyl groups excluding tert-OH is 2. The van der Waals surface area contributed by atoms with Crippen molar-refractivity contribution in [1.29, 1.82) is 0 Å². The van der Waals surface area contributed by atoms with Crippen molar-refractivity contribution in [1.82, 2.24) is 0 Å². The van der Waals surface area contributed by atoms with E-state index in [4.69, 9.17) is 10.2 Å². The number of nitro groups is 1. The summed E-state index contributed by atoms with van der Waals surface area (Å²) in [6.45, 7) is -1.50. The quantitative estimate of drug-likeness (QED) is 0.576. The lowest BCUT2D eigenvalue weighted by Crippen LogP contribution is -2.31. The minimum Gasteiger partial charge on any atom is -0.395 e. The van der Waals surface area contributed by atoms with Gasteiger partial charge in [0, 0.05) is 18.3 Å². The molecule has 0 spiro atoms. The Labute approximate surface area is 108 Å². The third kappa shape index (κ3) is 4.11. The van der Waals surface area contributed by atoms with Crippen LogP contribution in [0.5, 0.6) is 0 Å². The molecule has 2 N–H and O–H groups in total. The first kappa shape index (κ1) is 15.3. The molecule has 0 aromatic heterocycles. The van der Waals surface area contributed by atoms with Crippen LogP contribution in [0, 0.1) is 10.1 Å². The van der Waals surface area contributed by atoms with Crippen molar-refractivity contribution in [2.75, 3.05) is 24.6 Å². The van der Waals surface area contributed by atoms with Gasteiger partial charge in [-0.15, -0.1) is 0 Å². The highest BCUT2D eigenvalue weighted by Crippen LogP contribution is 2.25. The molecule has 19 heavy (non-hydrogen) atoms. The molecule has 1 aromatic rings. The average molecular weight is 276 g/mol. The molecule has 0 bridgehead atoms. The Morgan fingerprint density at radius 2 is 2.05 bits per heavy atom. The van der Waals surface area contributed by atoms with E-state index in [0.717, 1.165) is 6.07 Å². The highest BCUT2D eigenvalue weighted by Gasteiger charge is 2.17. The van der Waals surface area contributed by atoms with Crippen LogP contribution < -0.4 is 4.90 Å². The maximum absolute atomic E-state index is 12.4. The standard InChI is InChI=1S/C11H14F2N2O4/c12-11(13)6-14(3-4-16)9-1-2-10(15(18)19)8(5-9)7-17/h1-2,5,11,16-17H,3-4,6-7H2. The van der Waals surface area contributed by atoms with Crippen LogP contribution in [-0.2, 0) is 6.61 Å². The number of anilines is 1. The van der Waals surface area contributed by atoms with Gasteiger partial charge in [0.05, 0.1) is 30.2 Å². The Morgan fingerprint density at radius 1 is 1.37 bits per heavy atom. The van der Waals surface area contributed by atoms with Crippen LogP contribution >= 0.6 is 0 Å². The van der Waals surface area contributed by atoms with Crippen LogP contribution in [0.1, 0.15) is 5.56 Å². The summed E-state index contributed by atoms with van der Waals surface area (Å²) in [4.78, 5) is 11.2. The number of aliphatic hydroxyl groups is 2. The van der Waals surface area contributed by atoms with E-state index in [2.05, 4.69) is 0 Å². The lowest BCUT2D eigenvalue weighted by molar-refractivity contribution is -0.385. The summed E-state index contributed by atoms with van der Waals surface area (Å²) >= 11 is 0. The van der Waals surface area contributed by atoms with Gasteiger partial charge in [-0.2, -0.15) is 0 Å². The van der Waals surface area contributed by atoms with Crippen molar-refractivity contribution in [2.24, 2.45) is 0 Å². The zero-order valence-corrected chi connectivity index (χ0v) is 10.00. The summed E-state index contributed by atoms with van der Waals surface area (Å²) in [6, 6.07) is 3.74. The van der Waals surface area contributed by atoms with Crippen LogP contribution in [0.15, 0.2) is 18.2 Å². The number of nitrogens with zero attached hydrogens (tertiary/aromatic N) is 2. The number of rotatable bonds is 7. The molecule has 0 aliphatic carbocycles. The number of hydrogen-bond acceptors (Lipinski definition) is 5. The second kappa shape index (κ2) is 6.95. The normalized spacial score (nSPS) is 10.8. The van der Waals surface area contributed by atoms with Gasteiger partial charge in [0.15, 0.2) is 0 Å². The molecule has 0 atom stereocenters. The van der Waals surface area contributed by atoms with Gasteiger partial charge >= 0.3 is 0 Å². The molecule has 0 radical (unpaired) electrons. The van der Waals surface area contributed by atoms with E-state index in [-0.39, 0.29) is 24.4 Å². The minimum atomic E-state index is -2.60. The van der Waals surface area contributed by atoms with E-state index in [9.17, 15) is 18.9 Å². The van der Waals surface area contributed by atoms with E-state index in [1.807, 2.05) is 0 Å². The topological polar surface area (TPSA) is 86.8 Å². The average Bonchev–Trinajstić information content (AvgIpc) is 2.36. The highest BCUT2D eigenvalue weighted by atomic mass is 19.3. The van der Waals surface area contributed by atoms with Gasteiger partial charge in [0.2, 0.25) is 0 Å². The van der Waals surface area contributed by atoms with Crippen LogP contribution in [0.4, 0.5) is 20.2 Å². The molecular formula is C11H14F2N2O4. The molecule has 106 valence electrons. The second-order valence-electron chi connectivity index (χ2n) is 3.79. The lowest BCUT2D eigenvalue weighted by Gasteiger charge is -2.23. The first-order valence-corrected chi connectivity index (χ1v) is 5.51. The predicted octanol–water partition coefficient (Wildman–Crippen LogP) is 1.15. The fourth-order valence-electron chi connectivity index (χ4n) is 1.69. The number of hydrogen-bond donors (Lipinski definition) is 2. The molecule has 8 heteroatoms. The molecule has 0 heterocycles. The Hall–Kier alpha value is -1.80. The minimum absolute atomic E-state index is 0.0208. The molecule has 1 aromatic carbocycles. The fraction of sp³-hybridized carbons (Fsp3) is 0.455. The molecule has 0 amide bonds. The Morgan fingerprint density at radius 3 is 2.53 bits per heavy atom. The van der Waals surface area contributed by atoms with Crippen molar-refractivity contribution >= 4 is 11.4 Å². The third-order valence-corrected chi connectivity index (χ3v) is 2.52. The van der Waals surface area contributed by atoms with Gasteiger partial charge in [-0.25, -0.2) is 8.78 Å². The van der Waals surface area contributed by atoms with E-state index in [0.29, 0.717) is 5.69 Å². The first-order chi connectivity index (χ1) is 8.99. The molecule has 1 rings (SSSR count). The van der Waals surface area contributed by atoms with Crippen molar-refractivity contribution in [3.63, 3.8) is 0 Å². The van der Waals surface area contributed by atoms with Gasteiger partial charge in [-0.3, -0.25) is 10.1 Å². The van der Waals surface area contributed by atoms with Crippen molar-refractivity contribution < 1.29 is 23.9 Å². The van der Waals surface area contributed by atoms with Crippen LogP contribution in [0.3, 0.4) is 0 Å². The molecule has 0 saturated heterocycles. The predicted molar refractivity (Wildman–Crippen MR) is 64.3 cm³/mol. The largest absolute Gasteiger partial charge is 0.395 e. The molecule has 0 saturated carbocycles. The van der Waals surface area contributed by atoms with Gasteiger partial charge < -0.3 is 15.1 Å². The number of benzene rings is 1. The highest BCUT2D eigenvalue weighted by molar-refractivity contribution is 5.55. The van der Waals surface area contributed by atoms with Crippen LogP contribution in [-0.4, -0.2) is 41.3 Å². The van der Waals surface area contributed by atoms with Gasteiger partial charge in [0.25, 0.3) is 12.1 Å². The van der Waals surface area contributed by atoms with Gasteiger partial charge in [0.1, 0.15) is 0 Å². The summed E-state index contributed by atoms with van der Waals surface area (Å²) in [5.74, 6) is 0. The second-order valence-corrected chi connectivity index (χ2v) is 3.79. The molecular weight excluding hydrogens is 262 g/mol. The third-order valence-electron chi connectivity index (χ3n) is 2.52. The van der Waals surface area contributed by atoms with E-state index in [1.54, 1.807) is 0 Å². The number of alkyl halides is 2. The van der Waals surface area contributed by atoms with E-state index < -0.39 is 24.5 Å². The summed E-state index contributed by atoms with van der Waals surface area (Å²) in [5.41, 5.74) is 0.0657. The molecule has 0 aliphatic heterocycles. The van der Waals surface area contributed by atoms with E-state index >= 15 is 0 Å². The maximum atomic E-state index is 12.4. The van der Waals surface area contributed by atoms with Crippen molar-refractivity contribution in [2.45, 2.75) is 13.0 Å². The monoisotopic (exact) mass is 276 g/mol. The van der Waals surface area contributed by atoms with Crippen molar-refractivity contribution in [3.05, 3.63) is 33.9 Å².